The molecule has 0 saturated heterocycles. The summed E-state index contributed by atoms with van der Waals surface area (Å²) in [5.41, 5.74) is -1.17. The van der Waals surface area contributed by atoms with E-state index in [1.807, 2.05) is 0 Å². The van der Waals surface area contributed by atoms with E-state index in [4.69, 9.17) is 9.84 Å². The highest BCUT2D eigenvalue weighted by molar-refractivity contribution is 6.38. The number of Topliss-reactive ketones (excluding diaryl/α,β-unsaturated/α-hetero) is 1. The fourth-order valence-electron chi connectivity index (χ4n) is 1.45. The van der Waals surface area contributed by atoms with Crippen LogP contribution in [0.1, 0.15) is 27.7 Å². The Bertz CT molecular complexity index is 448. The molecule has 0 heterocycles. The molecule has 0 radical (unpaired) electrons. The number of hydrogen-bond donors (Lipinski definition) is 1. The molecule has 0 aromatic carbocycles. The Balaban J connectivity index is 4.68. The lowest BCUT2D eigenvalue weighted by atomic mass is 9.88. The Labute approximate surface area is 123 Å². The van der Waals surface area contributed by atoms with Gasteiger partial charge in [0.1, 0.15) is 6.61 Å². The number of carbonyl (C=O) groups excluding carboxylic acids is 3. The molecule has 7 nitrogen and oxygen atoms in total. The second-order valence-corrected chi connectivity index (χ2v) is 4.97. The molecule has 0 aliphatic heterocycles. The van der Waals surface area contributed by atoms with Gasteiger partial charge in [0.25, 0.3) is 5.91 Å². The van der Waals surface area contributed by atoms with Crippen LogP contribution in [0.5, 0.6) is 0 Å². The lowest BCUT2D eigenvalue weighted by Crippen LogP contribution is -2.44. The van der Waals surface area contributed by atoms with Gasteiger partial charge in [0, 0.05) is 25.2 Å². The lowest BCUT2D eigenvalue weighted by Gasteiger charge is -2.25. The number of amides is 1. The molecule has 0 aliphatic carbocycles. The smallest absolute Gasteiger partial charge is 0.331 e. The van der Waals surface area contributed by atoms with Crippen molar-refractivity contribution < 1.29 is 29.0 Å². The predicted octanol–water partition coefficient (Wildman–Crippen LogP) is 0.634. The summed E-state index contributed by atoms with van der Waals surface area (Å²) >= 11 is 0. The summed E-state index contributed by atoms with van der Waals surface area (Å²) in [5, 5.41) is 8.37. The molecular formula is C14H21NO6. The summed E-state index contributed by atoms with van der Waals surface area (Å²) in [6, 6.07) is 0. The van der Waals surface area contributed by atoms with E-state index in [2.05, 4.69) is 0 Å². The van der Waals surface area contributed by atoms with Gasteiger partial charge in [0.2, 0.25) is 5.78 Å². The van der Waals surface area contributed by atoms with Crippen LogP contribution >= 0.6 is 0 Å². The van der Waals surface area contributed by atoms with Crippen LogP contribution in [-0.4, -0.2) is 53.3 Å². The summed E-state index contributed by atoms with van der Waals surface area (Å²) in [6.45, 7) is 7.03. The minimum absolute atomic E-state index is 0.304. The Morgan fingerprint density at radius 3 is 2.05 bits per heavy atom. The number of likely N-dealkylation sites (N-methyl/N-ethyl adjacent to an activating group) is 1. The highest BCUT2D eigenvalue weighted by Crippen LogP contribution is 2.18. The van der Waals surface area contributed by atoms with Gasteiger partial charge in [-0.3, -0.25) is 9.59 Å². The molecule has 21 heavy (non-hydrogen) atoms. The van der Waals surface area contributed by atoms with Crippen molar-refractivity contribution >= 4 is 23.6 Å². The third kappa shape index (κ3) is 6.20. The van der Waals surface area contributed by atoms with Crippen LogP contribution in [0.3, 0.4) is 0 Å². The molecule has 0 spiro atoms. The van der Waals surface area contributed by atoms with Crippen LogP contribution in [-0.2, 0) is 23.9 Å². The van der Waals surface area contributed by atoms with E-state index >= 15 is 0 Å². The lowest BCUT2D eigenvalue weighted by molar-refractivity contribution is -0.153. The van der Waals surface area contributed by atoms with E-state index in [-0.39, 0.29) is 6.61 Å². The topological polar surface area (TPSA) is 101 Å². The van der Waals surface area contributed by atoms with Crippen LogP contribution in [0.4, 0.5) is 0 Å². The molecule has 0 fully saturated rings. The largest absolute Gasteiger partial charge is 0.478 e. The number of ether oxygens (including phenoxy) is 1. The summed E-state index contributed by atoms with van der Waals surface area (Å²) in [5.74, 6) is -3.43. The number of aliphatic carboxylic acids is 1. The van der Waals surface area contributed by atoms with Crippen molar-refractivity contribution in [2.75, 3.05) is 19.7 Å². The fraction of sp³-hybridized carbons (Fsp3) is 0.571. The molecule has 7 heteroatoms. The quantitative estimate of drug-likeness (QED) is 0.401. The molecule has 0 aliphatic rings. The van der Waals surface area contributed by atoms with Crippen molar-refractivity contribution in [3.05, 3.63) is 12.2 Å². The van der Waals surface area contributed by atoms with Crippen molar-refractivity contribution in [1.29, 1.82) is 0 Å². The Hall–Kier alpha value is -2.18. The van der Waals surface area contributed by atoms with Gasteiger partial charge < -0.3 is 14.7 Å². The molecule has 0 aromatic rings. The van der Waals surface area contributed by atoms with Gasteiger partial charge in [0.15, 0.2) is 0 Å². The van der Waals surface area contributed by atoms with Gasteiger partial charge in [-0.25, -0.2) is 9.59 Å². The summed E-state index contributed by atoms with van der Waals surface area (Å²) < 4.78 is 4.79. The van der Waals surface area contributed by atoms with Crippen molar-refractivity contribution in [3.63, 3.8) is 0 Å². The van der Waals surface area contributed by atoms with Gasteiger partial charge in [0.05, 0.1) is 5.41 Å². The van der Waals surface area contributed by atoms with E-state index in [1.165, 1.54) is 18.7 Å². The first kappa shape index (κ1) is 18.8. The fourth-order valence-corrected chi connectivity index (χ4v) is 1.45. The zero-order valence-corrected chi connectivity index (χ0v) is 12.7. The minimum Gasteiger partial charge on any atom is -0.478 e. The molecule has 0 aromatic heterocycles. The zero-order chi connectivity index (χ0) is 16.6. The molecule has 0 saturated carbocycles. The maximum absolute atomic E-state index is 12.1. The Kier molecular flexibility index (Phi) is 7.33. The van der Waals surface area contributed by atoms with Gasteiger partial charge >= 0.3 is 11.9 Å². The molecule has 1 N–H and O–H groups in total. The third-order valence-corrected chi connectivity index (χ3v) is 2.80. The van der Waals surface area contributed by atoms with Crippen molar-refractivity contribution in [1.82, 2.24) is 4.90 Å². The number of hydrogen-bond acceptors (Lipinski definition) is 5. The number of carbonyl (C=O) groups is 4. The number of carboxylic acids is 1. The average Bonchev–Trinajstić information content (AvgIpc) is 2.43. The number of ketones is 1. The van der Waals surface area contributed by atoms with Crippen LogP contribution in [0, 0.1) is 5.41 Å². The predicted molar refractivity (Wildman–Crippen MR) is 74.5 cm³/mol. The van der Waals surface area contributed by atoms with E-state index in [0.717, 1.165) is 6.08 Å². The first-order valence-corrected chi connectivity index (χ1v) is 6.57. The summed E-state index contributed by atoms with van der Waals surface area (Å²) in [7, 11) is 0. The van der Waals surface area contributed by atoms with E-state index in [0.29, 0.717) is 19.2 Å². The van der Waals surface area contributed by atoms with Gasteiger partial charge in [-0.05, 0) is 27.7 Å². The van der Waals surface area contributed by atoms with Crippen LogP contribution in [0.25, 0.3) is 0 Å². The Morgan fingerprint density at radius 2 is 1.62 bits per heavy atom. The maximum Gasteiger partial charge on any atom is 0.331 e. The first-order valence-electron chi connectivity index (χ1n) is 6.57. The Morgan fingerprint density at radius 1 is 1.10 bits per heavy atom. The van der Waals surface area contributed by atoms with Crippen LogP contribution in [0.2, 0.25) is 0 Å². The standard InChI is InChI=1S/C14H21NO6/c1-5-15(6-2)13(20)12(19)14(3,4)9-21-11(18)8-7-10(16)17/h7-8H,5-6,9H2,1-4H3,(H,16,17)/b8-7+. The average molecular weight is 299 g/mol. The number of carboxylic acid groups (broad SMARTS) is 1. The zero-order valence-electron chi connectivity index (χ0n) is 12.7. The number of nitrogens with zero attached hydrogens (tertiary/aromatic N) is 1. The molecule has 0 rings (SSSR count). The number of rotatable bonds is 8. The third-order valence-electron chi connectivity index (χ3n) is 2.80. The van der Waals surface area contributed by atoms with Crippen molar-refractivity contribution in [2.24, 2.45) is 5.41 Å². The summed E-state index contributed by atoms with van der Waals surface area (Å²) in [4.78, 5) is 46.9. The van der Waals surface area contributed by atoms with Crippen LogP contribution in [0.15, 0.2) is 12.2 Å². The maximum atomic E-state index is 12.1. The first-order chi connectivity index (χ1) is 9.65. The van der Waals surface area contributed by atoms with Gasteiger partial charge in [-0.1, -0.05) is 0 Å². The van der Waals surface area contributed by atoms with E-state index < -0.39 is 29.0 Å². The van der Waals surface area contributed by atoms with Gasteiger partial charge in [-0.2, -0.15) is 0 Å². The molecule has 0 unspecified atom stereocenters. The highest BCUT2D eigenvalue weighted by Gasteiger charge is 2.36. The van der Waals surface area contributed by atoms with Crippen molar-refractivity contribution in [2.45, 2.75) is 27.7 Å². The molecule has 0 bridgehead atoms. The minimum atomic E-state index is -1.28. The molecule has 1 amide bonds. The van der Waals surface area contributed by atoms with Gasteiger partial charge in [-0.15, -0.1) is 0 Å². The monoisotopic (exact) mass is 299 g/mol. The second kappa shape index (κ2) is 8.18. The highest BCUT2D eigenvalue weighted by atomic mass is 16.5. The SMILES string of the molecule is CCN(CC)C(=O)C(=O)C(C)(C)COC(=O)/C=C/C(=O)O. The van der Waals surface area contributed by atoms with E-state index in [1.54, 1.807) is 13.8 Å². The number of esters is 1. The second-order valence-electron chi connectivity index (χ2n) is 4.97. The van der Waals surface area contributed by atoms with E-state index in [9.17, 15) is 19.2 Å². The molecular weight excluding hydrogens is 278 g/mol. The van der Waals surface area contributed by atoms with Crippen LogP contribution < -0.4 is 0 Å². The van der Waals surface area contributed by atoms with Crippen molar-refractivity contribution in [3.8, 4) is 0 Å². The summed E-state index contributed by atoms with van der Waals surface area (Å²) in [6.07, 6.45) is 1.38. The normalized spacial score (nSPS) is 11.2. The molecule has 0 atom stereocenters. The molecule has 118 valence electrons.